The van der Waals surface area contributed by atoms with Gasteiger partial charge in [0.2, 0.25) is 0 Å². The van der Waals surface area contributed by atoms with Gasteiger partial charge in [-0.3, -0.25) is 4.79 Å². The van der Waals surface area contributed by atoms with E-state index < -0.39 is 0 Å². The van der Waals surface area contributed by atoms with Crippen molar-refractivity contribution in [3.63, 3.8) is 0 Å². The molecule has 0 amide bonds. The van der Waals surface area contributed by atoms with Crippen LogP contribution >= 0.6 is 11.8 Å². The summed E-state index contributed by atoms with van der Waals surface area (Å²) in [6, 6.07) is 15.7. The van der Waals surface area contributed by atoms with Crippen molar-refractivity contribution < 1.29 is 9.53 Å². The highest BCUT2D eigenvalue weighted by molar-refractivity contribution is 8.00. The van der Waals surface area contributed by atoms with Gasteiger partial charge in [-0.25, -0.2) is 0 Å². The van der Waals surface area contributed by atoms with E-state index in [0.29, 0.717) is 11.7 Å². The van der Waals surface area contributed by atoms with Crippen molar-refractivity contribution >= 4 is 17.5 Å². The highest BCUT2D eigenvalue weighted by Gasteiger charge is 2.15. The van der Waals surface area contributed by atoms with Crippen LogP contribution in [0.5, 0.6) is 5.75 Å². The molecule has 0 aromatic heterocycles. The average Bonchev–Trinajstić information content (AvgIpc) is 2.52. The maximum Gasteiger partial charge on any atom is 0.173 e. The number of thioether (sulfide) groups is 1. The molecule has 2 aromatic rings. The van der Waals surface area contributed by atoms with Gasteiger partial charge in [0.25, 0.3) is 0 Å². The minimum atomic E-state index is 0.162. The Morgan fingerprint density at radius 1 is 1.14 bits per heavy atom. The number of ether oxygens (including phenoxy) is 1. The molecule has 0 radical (unpaired) electrons. The predicted molar refractivity (Wildman–Crippen MR) is 88.6 cm³/mol. The molecule has 0 spiro atoms. The molecule has 3 heteroatoms. The first-order valence-corrected chi connectivity index (χ1v) is 7.99. The average molecular weight is 300 g/mol. The van der Waals surface area contributed by atoms with Crippen LogP contribution in [-0.4, -0.2) is 18.6 Å². The molecule has 21 heavy (non-hydrogen) atoms. The van der Waals surface area contributed by atoms with Crippen molar-refractivity contribution in [3.05, 3.63) is 59.7 Å². The summed E-state index contributed by atoms with van der Waals surface area (Å²) in [6.07, 6.45) is 0. The Balaban J connectivity index is 2.15. The van der Waals surface area contributed by atoms with E-state index in [1.54, 1.807) is 18.9 Å². The summed E-state index contributed by atoms with van der Waals surface area (Å²) in [4.78, 5) is 13.6. The van der Waals surface area contributed by atoms with Crippen LogP contribution in [0.2, 0.25) is 0 Å². The predicted octanol–water partition coefficient (Wildman–Crippen LogP) is 4.79. The zero-order valence-corrected chi connectivity index (χ0v) is 13.4. The maximum atomic E-state index is 12.5. The van der Waals surface area contributed by atoms with Gasteiger partial charge in [0.15, 0.2) is 5.78 Å². The molecule has 0 aliphatic rings. The smallest absolute Gasteiger partial charge is 0.173 e. The number of methoxy groups -OCH3 is 1. The van der Waals surface area contributed by atoms with Gasteiger partial charge in [0.1, 0.15) is 5.75 Å². The number of hydrogen-bond acceptors (Lipinski definition) is 3. The molecule has 0 saturated carbocycles. The Morgan fingerprint density at radius 3 is 2.48 bits per heavy atom. The zero-order valence-electron chi connectivity index (χ0n) is 12.6. The third-order valence-electron chi connectivity index (χ3n) is 3.29. The second kappa shape index (κ2) is 7.32. The van der Waals surface area contributed by atoms with Crippen LogP contribution in [0.1, 0.15) is 35.7 Å². The number of carbonyl (C=O) groups excluding carboxylic acids is 1. The summed E-state index contributed by atoms with van der Waals surface area (Å²) >= 11 is 1.57. The first-order valence-electron chi connectivity index (χ1n) is 7.00. The third-order valence-corrected chi connectivity index (χ3v) is 4.31. The van der Waals surface area contributed by atoms with Crippen LogP contribution in [0.4, 0.5) is 0 Å². The molecule has 0 atom stereocenters. The molecule has 0 saturated heterocycles. The molecule has 2 rings (SSSR count). The molecule has 0 N–H and O–H groups in total. The van der Waals surface area contributed by atoms with Gasteiger partial charge < -0.3 is 4.74 Å². The lowest BCUT2D eigenvalue weighted by molar-refractivity contribution is 0.102. The van der Waals surface area contributed by atoms with E-state index in [4.69, 9.17) is 4.74 Å². The summed E-state index contributed by atoms with van der Waals surface area (Å²) in [7, 11) is 1.65. The highest BCUT2D eigenvalue weighted by Crippen LogP contribution is 2.27. The number of rotatable bonds is 6. The molecule has 2 nitrogen and oxygen atoms in total. The Bertz CT molecular complexity index is 606. The molecule has 2 aromatic carbocycles. The summed E-state index contributed by atoms with van der Waals surface area (Å²) in [5.41, 5.74) is 1.85. The van der Waals surface area contributed by atoms with Crippen LogP contribution in [0.3, 0.4) is 0 Å². The largest absolute Gasteiger partial charge is 0.497 e. The van der Waals surface area contributed by atoms with Crippen LogP contribution in [0, 0.1) is 0 Å². The normalized spacial score (nSPS) is 10.7. The number of Topliss-reactive ketones (excluding diaryl/α,β-unsaturated/α-hetero) is 1. The summed E-state index contributed by atoms with van der Waals surface area (Å²) in [5, 5.41) is 0. The van der Waals surface area contributed by atoms with E-state index in [9.17, 15) is 4.79 Å². The first kappa shape index (κ1) is 15.6. The molecule has 110 valence electrons. The molecule has 0 aliphatic heterocycles. The van der Waals surface area contributed by atoms with Crippen LogP contribution < -0.4 is 4.74 Å². The van der Waals surface area contributed by atoms with E-state index in [2.05, 4.69) is 13.8 Å². The Hall–Kier alpha value is -1.74. The van der Waals surface area contributed by atoms with Crippen molar-refractivity contribution in [1.82, 2.24) is 0 Å². The van der Waals surface area contributed by atoms with Gasteiger partial charge in [-0.2, -0.15) is 0 Å². The molecule has 0 fully saturated rings. The summed E-state index contributed by atoms with van der Waals surface area (Å²) in [6.45, 7) is 4.19. The van der Waals surface area contributed by atoms with Crippen LogP contribution in [0.25, 0.3) is 0 Å². The van der Waals surface area contributed by atoms with Crippen LogP contribution in [-0.2, 0) is 0 Å². The lowest BCUT2D eigenvalue weighted by atomic mass is 9.95. The minimum Gasteiger partial charge on any atom is -0.497 e. The second-order valence-electron chi connectivity index (χ2n) is 5.13. The monoisotopic (exact) mass is 300 g/mol. The van der Waals surface area contributed by atoms with E-state index in [0.717, 1.165) is 21.8 Å². The number of hydrogen-bond donors (Lipinski definition) is 0. The van der Waals surface area contributed by atoms with Crippen molar-refractivity contribution in [3.8, 4) is 5.75 Å². The maximum absolute atomic E-state index is 12.5. The molecule has 0 bridgehead atoms. The van der Waals surface area contributed by atoms with Crippen molar-refractivity contribution in [1.29, 1.82) is 0 Å². The topological polar surface area (TPSA) is 26.3 Å². The lowest BCUT2D eigenvalue weighted by Crippen LogP contribution is -2.08. The van der Waals surface area contributed by atoms with Gasteiger partial charge in [0, 0.05) is 10.5 Å². The van der Waals surface area contributed by atoms with E-state index >= 15 is 0 Å². The summed E-state index contributed by atoms with van der Waals surface area (Å²) < 4.78 is 5.25. The van der Waals surface area contributed by atoms with Gasteiger partial charge in [-0.1, -0.05) is 32.0 Å². The van der Waals surface area contributed by atoms with Crippen molar-refractivity contribution in [2.24, 2.45) is 0 Å². The molecular formula is C18H20O2S. The van der Waals surface area contributed by atoms with Gasteiger partial charge >= 0.3 is 0 Å². The molecule has 0 aliphatic carbocycles. The molecule has 0 unspecified atom stereocenters. The SMILES string of the molecule is COc1ccc(C(=O)CSc2ccccc2)c(C(C)C)c1. The van der Waals surface area contributed by atoms with E-state index in [1.807, 2.05) is 48.5 Å². The van der Waals surface area contributed by atoms with Crippen molar-refractivity contribution in [2.75, 3.05) is 12.9 Å². The van der Waals surface area contributed by atoms with Crippen LogP contribution in [0.15, 0.2) is 53.4 Å². The first-order chi connectivity index (χ1) is 10.1. The summed E-state index contributed by atoms with van der Waals surface area (Å²) in [5.74, 6) is 1.71. The Labute approximate surface area is 130 Å². The minimum absolute atomic E-state index is 0.162. The number of ketones is 1. The second-order valence-corrected chi connectivity index (χ2v) is 6.18. The van der Waals surface area contributed by atoms with Gasteiger partial charge in [0.05, 0.1) is 12.9 Å². The lowest BCUT2D eigenvalue weighted by Gasteiger charge is -2.13. The quantitative estimate of drug-likeness (QED) is 0.566. The third kappa shape index (κ3) is 4.11. The highest BCUT2D eigenvalue weighted by atomic mass is 32.2. The zero-order chi connectivity index (χ0) is 15.2. The fraction of sp³-hybridized carbons (Fsp3) is 0.278. The van der Waals surface area contributed by atoms with E-state index in [1.165, 1.54) is 0 Å². The van der Waals surface area contributed by atoms with E-state index in [-0.39, 0.29) is 5.78 Å². The molecule has 0 heterocycles. The van der Waals surface area contributed by atoms with Crippen molar-refractivity contribution in [2.45, 2.75) is 24.7 Å². The number of benzene rings is 2. The standard InChI is InChI=1S/C18H20O2S/c1-13(2)17-11-14(20-3)9-10-16(17)18(19)12-21-15-7-5-4-6-8-15/h4-11,13H,12H2,1-3H3. The Morgan fingerprint density at radius 2 is 1.86 bits per heavy atom. The fourth-order valence-corrected chi connectivity index (χ4v) is 2.95. The Kier molecular flexibility index (Phi) is 5.45. The molecular weight excluding hydrogens is 280 g/mol. The number of carbonyl (C=O) groups is 1. The van der Waals surface area contributed by atoms with Gasteiger partial charge in [-0.15, -0.1) is 11.8 Å². The fourth-order valence-electron chi connectivity index (χ4n) is 2.14. The van der Waals surface area contributed by atoms with Gasteiger partial charge in [-0.05, 0) is 41.8 Å².